The maximum atomic E-state index is 11.8. The summed E-state index contributed by atoms with van der Waals surface area (Å²) in [7, 11) is 0. The summed E-state index contributed by atoms with van der Waals surface area (Å²) in [6.07, 6.45) is 1.15. The second-order valence-electron chi connectivity index (χ2n) is 6.29. The molecule has 0 saturated carbocycles. The molecule has 0 fully saturated rings. The number of ether oxygens (including phenoxy) is 2. The van der Waals surface area contributed by atoms with E-state index in [2.05, 4.69) is 11.4 Å². The lowest BCUT2D eigenvalue weighted by Crippen LogP contribution is -2.28. The van der Waals surface area contributed by atoms with Gasteiger partial charge in [-0.3, -0.25) is 4.79 Å². The molecule has 2 rings (SSSR count). The van der Waals surface area contributed by atoms with E-state index >= 15 is 0 Å². The van der Waals surface area contributed by atoms with E-state index in [1.807, 2.05) is 57.2 Å². The highest BCUT2D eigenvalue weighted by Gasteiger charge is 2.02. The molecule has 4 nitrogen and oxygen atoms in total. The van der Waals surface area contributed by atoms with Crippen LogP contribution >= 0.6 is 0 Å². The second kappa shape index (κ2) is 9.72. The Morgan fingerprint density at radius 3 is 2.16 bits per heavy atom. The first-order valence-corrected chi connectivity index (χ1v) is 8.70. The Morgan fingerprint density at radius 2 is 1.48 bits per heavy atom. The van der Waals surface area contributed by atoms with Gasteiger partial charge in [-0.25, -0.2) is 0 Å². The third-order valence-corrected chi connectivity index (χ3v) is 3.73. The van der Waals surface area contributed by atoms with E-state index in [4.69, 9.17) is 9.47 Å². The van der Waals surface area contributed by atoms with Gasteiger partial charge in [-0.15, -0.1) is 0 Å². The lowest BCUT2D eigenvalue weighted by Gasteiger charge is -2.10. The maximum Gasteiger partial charge on any atom is 0.220 e. The van der Waals surface area contributed by atoms with Crippen molar-refractivity contribution in [2.45, 2.75) is 33.6 Å². The first kappa shape index (κ1) is 18.8. The summed E-state index contributed by atoms with van der Waals surface area (Å²) in [5.41, 5.74) is 3.55. The van der Waals surface area contributed by atoms with Crippen molar-refractivity contribution < 1.29 is 14.3 Å². The molecule has 0 atom stereocenters. The van der Waals surface area contributed by atoms with Crippen LogP contribution in [-0.4, -0.2) is 25.7 Å². The molecule has 2 aromatic carbocycles. The largest absolute Gasteiger partial charge is 0.494 e. The molecule has 2 aromatic rings. The molecule has 4 heteroatoms. The molecule has 1 amide bonds. The Kier molecular flexibility index (Phi) is 7.33. The molecule has 0 aliphatic carbocycles. The molecular weight excluding hydrogens is 314 g/mol. The number of amides is 1. The van der Waals surface area contributed by atoms with Crippen LogP contribution in [0.15, 0.2) is 42.5 Å². The van der Waals surface area contributed by atoms with Crippen LogP contribution < -0.4 is 14.8 Å². The Hall–Kier alpha value is -2.49. The van der Waals surface area contributed by atoms with E-state index < -0.39 is 0 Å². The van der Waals surface area contributed by atoms with Crippen LogP contribution in [0.2, 0.25) is 0 Å². The van der Waals surface area contributed by atoms with Gasteiger partial charge in [0.1, 0.15) is 18.1 Å². The molecule has 1 N–H and O–H groups in total. The summed E-state index contributed by atoms with van der Waals surface area (Å²) in [6.45, 7) is 7.63. The van der Waals surface area contributed by atoms with Crippen molar-refractivity contribution in [2.24, 2.45) is 0 Å². The summed E-state index contributed by atoms with van der Waals surface area (Å²) < 4.78 is 11.3. The standard InChI is InChI=1S/C21H27NO3/c1-16-6-8-19(9-7-16)24-11-4-5-21(23)22-10-12-25-20-14-17(2)13-18(3)15-20/h6-9,13-15H,4-5,10-12H2,1-3H3,(H,22,23). The monoisotopic (exact) mass is 341 g/mol. The Morgan fingerprint density at radius 1 is 0.840 bits per heavy atom. The van der Waals surface area contributed by atoms with E-state index in [-0.39, 0.29) is 5.91 Å². The molecule has 0 radical (unpaired) electrons. The summed E-state index contributed by atoms with van der Waals surface area (Å²) in [5, 5.41) is 2.87. The second-order valence-corrected chi connectivity index (χ2v) is 6.29. The van der Waals surface area contributed by atoms with Crippen LogP contribution in [-0.2, 0) is 4.79 Å². The van der Waals surface area contributed by atoms with Crippen molar-refractivity contribution in [2.75, 3.05) is 19.8 Å². The van der Waals surface area contributed by atoms with Crippen molar-refractivity contribution in [1.29, 1.82) is 0 Å². The van der Waals surface area contributed by atoms with Crippen LogP contribution in [0.1, 0.15) is 29.5 Å². The maximum absolute atomic E-state index is 11.8. The zero-order chi connectivity index (χ0) is 18.1. The number of hydrogen-bond acceptors (Lipinski definition) is 3. The molecule has 0 spiro atoms. The van der Waals surface area contributed by atoms with Crippen LogP contribution in [0.25, 0.3) is 0 Å². The van der Waals surface area contributed by atoms with E-state index in [9.17, 15) is 4.79 Å². The lowest BCUT2D eigenvalue weighted by atomic mass is 10.1. The van der Waals surface area contributed by atoms with Crippen molar-refractivity contribution in [1.82, 2.24) is 5.32 Å². The third kappa shape index (κ3) is 7.29. The predicted molar refractivity (Wildman–Crippen MR) is 100 cm³/mol. The SMILES string of the molecule is Cc1ccc(OCCCC(=O)NCCOc2cc(C)cc(C)c2)cc1. The molecule has 0 aliphatic heterocycles. The van der Waals surface area contributed by atoms with Gasteiger partial charge in [0, 0.05) is 6.42 Å². The summed E-state index contributed by atoms with van der Waals surface area (Å²) in [4.78, 5) is 11.8. The minimum atomic E-state index is 0.0246. The fourth-order valence-corrected chi connectivity index (χ4v) is 2.52. The molecule has 0 unspecified atom stereocenters. The van der Waals surface area contributed by atoms with Gasteiger partial charge in [-0.05, 0) is 62.6 Å². The van der Waals surface area contributed by atoms with Crippen molar-refractivity contribution >= 4 is 5.91 Å². The van der Waals surface area contributed by atoms with E-state index in [0.29, 0.717) is 32.6 Å². The molecule has 0 bridgehead atoms. The number of carbonyl (C=O) groups excluding carboxylic acids is 1. The number of benzene rings is 2. The molecule has 0 aliphatic rings. The first-order chi connectivity index (χ1) is 12.0. The minimum absolute atomic E-state index is 0.0246. The number of hydrogen-bond donors (Lipinski definition) is 1. The topological polar surface area (TPSA) is 47.6 Å². The van der Waals surface area contributed by atoms with Gasteiger partial charge in [-0.2, -0.15) is 0 Å². The van der Waals surface area contributed by atoms with Gasteiger partial charge < -0.3 is 14.8 Å². The molecule has 25 heavy (non-hydrogen) atoms. The fourth-order valence-electron chi connectivity index (χ4n) is 2.52. The van der Waals surface area contributed by atoms with Crippen LogP contribution in [0.4, 0.5) is 0 Å². The molecule has 0 saturated heterocycles. The van der Waals surface area contributed by atoms with Crippen LogP contribution in [0.3, 0.4) is 0 Å². The van der Waals surface area contributed by atoms with Gasteiger partial charge in [-0.1, -0.05) is 23.8 Å². The number of carbonyl (C=O) groups is 1. The summed E-state index contributed by atoms with van der Waals surface area (Å²) in [6, 6.07) is 14.0. The Labute approximate surface area is 150 Å². The van der Waals surface area contributed by atoms with Crippen molar-refractivity contribution in [3.63, 3.8) is 0 Å². The minimum Gasteiger partial charge on any atom is -0.494 e. The zero-order valence-corrected chi connectivity index (χ0v) is 15.3. The normalized spacial score (nSPS) is 10.4. The van der Waals surface area contributed by atoms with Gasteiger partial charge in [0.15, 0.2) is 0 Å². The van der Waals surface area contributed by atoms with Crippen molar-refractivity contribution in [3.8, 4) is 11.5 Å². The Balaban J connectivity index is 1.55. The highest BCUT2D eigenvalue weighted by Crippen LogP contribution is 2.15. The molecule has 0 heterocycles. The van der Waals surface area contributed by atoms with Gasteiger partial charge in [0.25, 0.3) is 0 Å². The Bertz CT molecular complexity index is 660. The summed E-state index contributed by atoms with van der Waals surface area (Å²) >= 11 is 0. The van der Waals surface area contributed by atoms with Gasteiger partial charge >= 0.3 is 0 Å². The van der Waals surface area contributed by atoms with Gasteiger partial charge in [0.2, 0.25) is 5.91 Å². The van der Waals surface area contributed by atoms with E-state index in [1.165, 1.54) is 16.7 Å². The number of rotatable bonds is 9. The first-order valence-electron chi connectivity index (χ1n) is 8.70. The lowest BCUT2D eigenvalue weighted by molar-refractivity contribution is -0.121. The van der Waals surface area contributed by atoms with Crippen molar-refractivity contribution in [3.05, 3.63) is 59.2 Å². The zero-order valence-electron chi connectivity index (χ0n) is 15.3. The molecule has 0 aromatic heterocycles. The average Bonchev–Trinajstić information content (AvgIpc) is 2.56. The highest BCUT2D eigenvalue weighted by molar-refractivity contribution is 5.75. The summed E-state index contributed by atoms with van der Waals surface area (Å²) in [5.74, 6) is 1.71. The quantitative estimate of drug-likeness (QED) is 0.702. The smallest absolute Gasteiger partial charge is 0.220 e. The average molecular weight is 341 g/mol. The van der Waals surface area contributed by atoms with E-state index in [1.54, 1.807) is 0 Å². The molecular formula is C21H27NO3. The number of nitrogens with one attached hydrogen (secondary N) is 1. The third-order valence-electron chi connectivity index (χ3n) is 3.73. The highest BCUT2D eigenvalue weighted by atomic mass is 16.5. The van der Waals surface area contributed by atoms with E-state index in [0.717, 1.165) is 11.5 Å². The van der Waals surface area contributed by atoms with Crippen LogP contribution in [0.5, 0.6) is 11.5 Å². The fraction of sp³-hybridized carbons (Fsp3) is 0.381. The van der Waals surface area contributed by atoms with Gasteiger partial charge in [0.05, 0.1) is 13.2 Å². The predicted octanol–water partition coefficient (Wildman–Crippen LogP) is 3.97. The molecule has 134 valence electrons. The number of aryl methyl sites for hydroxylation is 3. The van der Waals surface area contributed by atoms with Crippen LogP contribution in [0, 0.1) is 20.8 Å².